The summed E-state index contributed by atoms with van der Waals surface area (Å²) in [5, 5.41) is 17.8. The fraction of sp³-hybridized carbons (Fsp3) is 0.500. The molecule has 0 saturated carbocycles. The number of hydrogen-bond donors (Lipinski definition) is 3. The van der Waals surface area contributed by atoms with Crippen LogP contribution in [0.4, 0.5) is 8.78 Å². The third kappa shape index (κ3) is 9.95. The van der Waals surface area contributed by atoms with Crippen LogP contribution >= 0.6 is 0 Å². The molecule has 0 aliphatic heterocycles. The summed E-state index contributed by atoms with van der Waals surface area (Å²) in [6.07, 6.45) is 5.20. The number of aliphatic hydroxyl groups is 1. The average molecular weight is 642 g/mol. The lowest BCUT2D eigenvalue weighted by molar-refractivity contribution is -0.142. The number of carbonyl (C=O) groups excluding carboxylic acids is 2. The summed E-state index contributed by atoms with van der Waals surface area (Å²) < 4.78 is 39.7. The highest BCUT2D eigenvalue weighted by molar-refractivity contribution is 5.88. The predicted octanol–water partition coefficient (Wildman–Crippen LogP) is 5.57. The summed E-state index contributed by atoms with van der Waals surface area (Å²) in [4.78, 5) is 28.3. The zero-order valence-electron chi connectivity index (χ0n) is 27.4. The molecular weight excluding hydrogens is 592 g/mol. The highest BCUT2D eigenvalue weighted by atomic mass is 19.1. The number of unbranched alkanes of at least 4 members (excludes halogenated alkanes) is 1. The van der Waals surface area contributed by atoms with Gasteiger partial charge in [0, 0.05) is 31.6 Å². The van der Waals surface area contributed by atoms with Crippen LogP contribution in [0, 0.1) is 17.6 Å². The van der Waals surface area contributed by atoms with E-state index in [1.807, 2.05) is 25.1 Å². The summed E-state index contributed by atoms with van der Waals surface area (Å²) in [6, 6.07) is 6.88. The summed E-state index contributed by atoms with van der Waals surface area (Å²) in [5.74, 6) is -1.75. The maximum absolute atomic E-state index is 14.1. The quantitative estimate of drug-likeness (QED) is 0.174. The molecule has 0 aromatic heterocycles. The molecule has 6 atom stereocenters. The summed E-state index contributed by atoms with van der Waals surface area (Å²) in [6.45, 7) is 11.8. The lowest BCUT2D eigenvalue weighted by Crippen LogP contribution is -2.55. The van der Waals surface area contributed by atoms with Crippen molar-refractivity contribution in [1.29, 1.82) is 0 Å². The number of nitrogens with zero attached hydrogens (tertiary/aromatic N) is 1. The van der Waals surface area contributed by atoms with Gasteiger partial charge in [0.2, 0.25) is 11.8 Å². The van der Waals surface area contributed by atoms with E-state index in [2.05, 4.69) is 30.7 Å². The Morgan fingerprint density at radius 2 is 1.85 bits per heavy atom. The third-order valence-electron chi connectivity index (χ3n) is 8.54. The van der Waals surface area contributed by atoms with Gasteiger partial charge in [-0.25, -0.2) is 8.78 Å². The van der Waals surface area contributed by atoms with Crippen molar-refractivity contribution in [2.45, 2.75) is 82.7 Å². The van der Waals surface area contributed by atoms with Crippen LogP contribution in [0.1, 0.15) is 74.8 Å². The largest absolute Gasteiger partial charge is 0.497 e. The number of fused-ring (bicyclic) bond motifs is 1. The molecule has 2 aromatic rings. The molecule has 0 saturated heterocycles. The lowest BCUT2D eigenvalue weighted by Gasteiger charge is -2.32. The Morgan fingerprint density at radius 3 is 2.48 bits per heavy atom. The number of methoxy groups -OCH3 is 1. The maximum atomic E-state index is 14.1. The molecule has 0 bridgehead atoms. The van der Waals surface area contributed by atoms with Gasteiger partial charge in [0.15, 0.2) is 0 Å². The number of amides is 2. The Balaban J connectivity index is 1.82. The summed E-state index contributed by atoms with van der Waals surface area (Å²) >= 11 is 0. The molecule has 0 heterocycles. The van der Waals surface area contributed by atoms with Crippen molar-refractivity contribution in [3.63, 3.8) is 0 Å². The Bertz CT molecular complexity index is 1320. The van der Waals surface area contributed by atoms with Gasteiger partial charge in [-0.05, 0) is 66.6 Å². The molecule has 2 aromatic carbocycles. The predicted molar refractivity (Wildman–Crippen MR) is 175 cm³/mol. The minimum Gasteiger partial charge on any atom is -0.497 e. The minimum absolute atomic E-state index is 0.0468. The molecule has 2 amide bonds. The number of benzene rings is 2. The smallest absolute Gasteiger partial charge is 0.243 e. The van der Waals surface area contributed by atoms with Gasteiger partial charge in [-0.1, -0.05) is 44.9 Å². The van der Waals surface area contributed by atoms with E-state index < -0.39 is 35.7 Å². The molecule has 0 unspecified atom stereocenters. The van der Waals surface area contributed by atoms with Crippen LogP contribution in [-0.4, -0.2) is 67.3 Å². The fourth-order valence-electron chi connectivity index (χ4n) is 5.96. The average Bonchev–Trinajstić information content (AvgIpc) is 3.38. The number of hydrogen-bond acceptors (Lipinski definition) is 6. The van der Waals surface area contributed by atoms with E-state index in [9.17, 15) is 23.5 Å². The number of likely N-dealkylation sites (N-methyl/N-ethyl adjacent to an activating group) is 1. The summed E-state index contributed by atoms with van der Waals surface area (Å²) in [7, 11) is 3.18. The molecule has 1 aliphatic carbocycles. The van der Waals surface area contributed by atoms with Gasteiger partial charge in [0.05, 0.1) is 32.0 Å². The van der Waals surface area contributed by atoms with E-state index in [0.29, 0.717) is 25.2 Å². The Kier molecular flexibility index (Phi) is 14.4. The monoisotopic (exact) mass is 641 g/mol. The zero-order valence-corrected chi connectivity index (χ0v) is 27.4. The fourth-order valence-corrected chi connectivity index (χ4v) is 5.96. The topological polar surface area (TPSA) is 100 Å². The maximum Gasteiger partial charge on any atom is 0.243 e. The van der Waals surface area contributed by atoms with Crippen LogP contribution in [0.5, 0.6) is 5.75 Å². The Morgan fingerprint density at radius 1 is 1.13 bits per heavy atom. The van der Waals surface area contributed by atoms with Crippen LogP contribution < -0.4 is 15.4 Å². The number of rotatable bonds is 19. The Labute approximate surface area is 271 Å². The second kappa shape index (κ2) is 17.9. The van der Waals surface area contributed by atoms with E-state index >= 15 is 0 Å². The number of aliphatic hydroxyl groups excluding tert-OH is 1. The minimum atomic E-state index is -1.16. The first-order chi connectivity index (χ1) is 22.0. The second-order valence-corrected chi connectivity index (χ2v) is 12.0. The van der Waals surface area contributed by atoms with Crippen molar-refractivity contribution in [1.82, 2.24) is 15.5 Å². The van der Waals surface area contributed by atoms with Gasteiger partial charge >= 0.3 is 0 Å². The molecular formula is C36H49F2N3O5. The first kappa shape index (κ1) is 36.9. The normalized spacial score (nSPS) is 18.2. The highest BCUT2D eigenvalue weighted by Gasteiger charge is 2.34. The molecule has 0 spiro atoms. The zero-order chi connectivity index (χ0) is 33.8. The van der Waals surface area contributed by atoms with Crippen molar-refractivity contribution >= 4 is 11.8 Å². The van der Waals surface area contributed by atoms with Gasteiger partial charge in [0.1, 0.15) is 23.4 Å². The van der Waals surface area contributed by atoms with E-state index in [1.54, 1.807) is 26.3 Å². The number of halogens is 2. The highest BCUT2D eigenvalue weighted by Crippen LogP contribution is 2.42. The van der Waals surface area contributed by atoms with Crippen LogP contribution in [0.2, 0.25) is 0 Å². The molecule has 8 nitrogen and oxygen atoms in total. The van der Waals surface area contributed by atoms with E-state index in [-0.39, 0.29) is 48.9 Å². The molecule has 3 N–H and O–H groups in total. The number of nitrogens with one attached hydrogen (secondary N) is 2. The third-order valence-corrected chi connectivity index (χ3v) is 8.54. The van der Waals surface area contributed by atoms with Crippen molar-refractivity contribution < 1.29 is 33.0 Å². The van der Waals surface area contributed by atoms with Gasteiger partial charge in [-0.2, -0.15) is 0 Å². The first-order valence-corrected chi connectivity index (χ1v) is 16.0. The standard InChI is InChI=1S/C36H49F2N3O5/c1-7-10-12-23(4)36(44)41(5)32(11-8-2)35(43)40-31(18-24-16-25(37)19-26(38)17-24)33(42)22-39-30-21-34(46-15-9-3)28-14-13-27(45-6)20-29(28)30/h8-9,13-14,16-17,19-20,23,30-34,39,42H,2-3,7,10-12,15,18,21-22H2,1,4-6H3,(H,40,43)/t23-,30+,31-,32-,33+,34+/m0/s1. The first-order valence-electron chi connectivity index (χ1n) is 16.0. The van der Waals surface area contributed by atoms with Crippen molar-refractivity contribution in [2.24, 2.45) is 5.92 Å². The molecule has 46 heavy (non-hydrogen) atoms. The molecule has 0 radical (unpaired) electrons. The van der Waals surface area contributed by atoms with Crippen LogP contribution in [0.25, 0.3) is 0 Å². The van der Waals surface area contributed by atoms with Gasteiger partial charge in [-0.3, -0.25) is 9.59 Å². The second-order valence-electron chi connectivity index (χ2n) is 12.0. The van der Waals surface area contributed by atoms with E-state index in [4.69, 9.17) is 9.47 Å². The van der Waals surface area contributed by atoms with Crippen LogP contribution in [0.15, 0.2) is 61.7 Å². The lowest BCUT2D eigenvalue weighted by atomic mass is 9.98. The SMILES string of the molecule is C=CCO[C@@H]1C[C@@H](NC[C@@H](O)[C@H](Cc2cc(F)cc(F)c2)NC(=O)[C@H](CC=C)N(C)C(=O)[C@@H](C)CCCC)c2cc(OC)ccc21. The van der Waals surface area contributed by atoms with E-state index in [1.165, 1.54) is 17.0 Å². The Hall–Kier alpha value is -3.60. The summed E-state index contributed by atoms with van der Waals surface area (Å²) in [5.41, 5.74) is 2.24. The molecule has 252 valence electrons. The van der Waals surface area contributed by atoms with Gasteiger partial charge in [0.25, 0.3) is 0 Å². The van der Waals surface area contributed by atoms with Crippen LogP contribution in [0.3, 0.4) is 0 Å². The number of carbonyl (C=O) groups is 2. The van der Waals surface area contributed by atoms with Crippen molar-refractivity contribution in [3.8, 4) is 5.75 Å². The van der Waals surface area contributed by atoms with Crippen molar-refractivity contribution in [2.75, 3.05) is 27.3 Å². The molecule has 10 heteroatoms. The molecule has 0 fully saturated rings. The van der Waals surface area contributed by atoms with Crippen molar-refractivity contribution in [3.05, 3.63) is 90.0 Å². The molecule has 1 aliphatic rings. The molecule has 3 rings (SSSR count). The van der Waals surface area contributed by atoms with Gasteiger partial charge in [-0.15, -0.1) is 13.2 Å². The number of ether oxygens (including phenoxy) is 2. The van der Waals surface area contributed by atoms with Gasteiger partial charge < -0.3 is 30.1 Å². The van der Waals surface area contributed by atoms with Crippen LogP contribution in [-0.2, 0) is 20.7 Å². The van der Waals surface area contributed by atoms with E-state index in [0.717, 1.165) is 30.0 Å².